The van der Waals surface area contributed by atoms with Gasteiger partial charge in [-0.1, -0.05) is 36.9 Å². The number of rotatable bonds is 5. The monoisotopic (exact) mass is 295 g/mol. The summed E-state index contributed by atoms with van der Waals surface area (Å²) in [7, 11) is 1.36. The summed E-state index contributed by atoms with van der Waals surface area (Å²) in [5.74, 6) is -0.575. The summed E-state index contributed by atoms with van der Waals surface area (Å²) in [5.41, 5.74) is 3.36. The Morgan fingerprint density at radius 3 is 2.50 bits per heavy atom. The summed E-state index contributed by atoms with van der Waals surface area (Å²) >= 11 is 0. The van der Waals surface area contributed by atoms with Gasteiger partial charge in [0.2, 0.25) is 5.91 Å². The second-order valence-electron chi connectivity index (χ2n) is 4.69. The fourth-order valence-electron chi connectivity index (χ4n) is 2.07. The van der Waals surface area contributed by atoms with Crippen LogP contribution in [0.3, 0.4) is 0 Å². The third-order valence-electron chi connectivity index (χ3n) is 3.20. The molecule has 2 rings (SSSR count). The maximum Gasteiger partial charge on any atom is 0.337 e. The van der Waals surface area contributed by atoms with Crippen LogP contribution in [-0.4, -0.2) is 19.0 Å². The standard InChI is InChI=1S/C18H17NO3/c1-3-17(20)19-12-13-6-4-7-14(10-13)15-8-5-9-16(11-15)18(21)22-2/h3-11H,1,12H2,2H3,(H,19,20). The van der Waals surface area contributed by atoms with E-state index in [-0.39, 0.29) is 11.9 Å². The summed E-state index contributed by atoms with van der Waals surface area (Å²) in [4.78, 5) is 22.8. The molecule has 112 valence electrons. The Labute approximate surface area is 129 Å². The average Bonchev–Trinajstić information content (AvgIpc) is 2.59. The molecule has 0 atom stereocenters. The summed E-state index contributed by atoms with van der Waals surface area (Å²) in [6.45, 7) is 3.84. The molecule has 2 aromatic carbocycles. The molecule has 0 unspecified atom stereocenters. The van der Waals surface area contributed by atoms with Crippen molar-refractivity contribution < 1.29 is 14.3 Å². The van der Waals surface area contributed by atoms with Crippen LogP contribution >= 0.6 is 0 Å². The lowest BCUT2D eigenvalue weighted by Crippen LogP contribution is -2.19. The minimum atomic E-state index is -0.365. The molecular weight excluding hydrogens is 278 g/mol. The topological polar surface area (TPSA) is 55.4 Å². The molecule has 4 heteroatoms. The highest BCUT2D eigenvalue weighted by Crippen LogP contribution is 2.22. The number of methoxy groups -OCH3 is 1. The lowest BCUT2D eigenvalue weighted by molar-refractivity contribution is -0.116. The highest BCUT2D eigenvalue weighted by molar-refractivity contribution is 5.91. The van der Waals surface area contributed by atoms with Gasteiger partial charge in [-0.2, -0.15) is 0 Å². The van der Waals surface area contributed by atoms with E-state index in [0.717, 1.165) is 16.7 Å². The molecule has 1 N–H and O–H groups in total. The molecule has 0 aliphatic carbocycles. The normalized spacial score (nSPS) is 9.86. The van der Waals surface area contributed by atoms with Gasteiger partial charge in [0.05, 0.1) is 12.7 Å². The van der Waals surface area contributed by atoms with E-state index in [9.17, 15) is 9.59 Å². The van der Waals surface area contributed by atoms with Crippen LogP contribution in [0.15, 0.2) is 61.2 Å². The predicted octanol–water partition coefficient (Wildman–Crippen LogP) is 2.94. The van der Waals surface area contributed by atoms with Gasteiger partial charge >= 0.3 is 5.97 Å². The predicted molar refractivity (Wildman–Crippen MR) is 85.3 cm³/mol. The third-order valence-corrected chi connectivity index (χ3v) is 3.20. The number of hydrogen-bond donors (Lipinski definition) is 1. The Kier molecular flexibility index (Phi) is 5.09. The molecule has 0 aliphatic rings. The maximum atomic E-state index is 11.6. The first kappa shape index (κ1) is 15.5. The van der Waals surface area contributed by atoms with E-state index in [1.165, 1.54) is 13.2 Å². The Balaban J connectivity index is 2.24. The molecule has 22 heavy (non-hydrogen) atoms. The quantitative estimate of drug-likeness (QED) is 0.681. The first-order valence-corrected chi connectivity index (χ1v) is 6.82. The fraction of sp³-hybridized carbons (Fsp3) is 0.111. The minimum absolute atomic E-state index is 0.210. The largest absolute Gasteiger partial charge is 0.465 e. The van der Waals surface area contributed by atoms with Crippen molar-refractivity contribution in [2.45, 2.75) is 6.54 Å². The van der Waals surface area contributed by atoms with Gasteiger partial charge in [0, 0.05) is 6.54 Å². The molecule has 2 aromatic rings. The van der Waals surface area contributed by atoms with Crippen molar-refractivity contribution in [3.63, 3.8) is 0 Å². The van der Waals surface area contributed by atoms with Crippen molar-refractivity contribution in [3.05, 3.63) is 72.3 Å². The Morgan fingerprint density at radius 1 is 1.14 bits per heavy atom. The fourth-order valence-corrected chi connectivity index (χ4v) is 2.07. The number of hydrogen-bond acceptors (Lipinski definition) is 3. The van der Waals surface area contributed by atoms with E-state index in [2.05, 4.69) is 11.9 Å². The van der Waals surface area contributed by atoms with Crippen LogP contribution in [0.4, 0.5) is 0 Å². The van der Waals surface area contributed by atoms with E-state index < -0.39 is 0 Å². The molecule has 0 spiro atoms. The molecule has 0 bridgehead atoms. The molecule has 0 aliphatic heterocycles. The van der Waals surface area contributed by atoms with Gasteiger partial charge in [0.25, 0.3) is 0 Å². The first-order chi connectivity index (χ1) is 10.6. The van der Waals surface area contributed by atoms with Gasteiger partial charge in [-0.05, 0) is 41.0 Å². The summed E-state index contributed by atoms with van der Waals surface area (Å²) in [5, 5.41) is 2.73. The molecule has 4 nitrogen and oxygen atoms in total. The zero-order valence-corrected chi connectivity index (χ0v) is 12.3. The molecule has 0 saturated heterocycles. The third kappa shape index (κ3) is 3.82. The second-order valence-corrected chi connectivity index (χ2v) is 4.69. The van der Waals surface area contributed by atoms with E-state index in [4.69, 9.17) is 4.74 Å². The Bertz CT molecular complexity index is 707. The molecular formula is C18H17NO3. The van der Waals surface area contributed by atoms with Crippen molar-refractivity contribution in [2.24, 2.45) is 0 Å². The van der Waals surface area contributed by atoms with Crippen molar-refractivity contribution in [3.8, 4) is 11.1 Å². The number of carbonyl (C=O) groups is 2. The summed E-state index contributed by atoms with van der Waals surface area (Å²) in [6, 6.07) is 15.0. The van der Waals surface area contributed by atoms with Crippen molar-refractivity contribution in [1.29, 1.82) is 0 Å². The van der Waals surface area contributed by atoms with Crippen LogP contribution in [0.2, 0.25) is 0 Å². The number of nitrogens with one attached hydrogen (secondary N) is 1. The molecule has 0 heterocycles. The first-order valence-electron chi connectivity index (χ1n) is 6.82. The van der Waals surface area contributed by atoms with E-state index in [0.29, 0.717) is 12.1 Å². The zero-order valence-electron chi connectivity index (χ0n) is 12.3. The number of benzene rings is 2. The van der Waals surface area contributed by atoms with E-state index in [1.54, 1.807) is 12.1 Å². The smallest absolute Gasteiger partial charge is 0.337 e. The minimum Gasteiger partial charge on any atom is -0.465 e. The van der Waals surface area contributed by atoms with Crippen LogP contribution in [0.5, 0.6) is 0 Å². The van der Waals surface area contributed by atoms with Crippen molar-refractivity contribution in [1.82, 2.24) is 5.32 Å². The number of carbonyl (C=O) groups excluding carboxylic acids is 2. The maximum absolute atomic E-state index is 11.6. The average molecular weight is 295 g/mol. The van der Waals surface area contributed by atoms with Crippen LogP contribution < -0.4 is 5.32 Å². The van der Waals surface area contributed by atoms with E-state index in [1.807, 2.05) is 36.4 Å². The van der Waals surface area contributed by atoms with Crippen molar-refractivity contribution >= 4 is 11.9 Å². The van der Waals surface area contributed by atoms with Gasteiger partial charge < -0.3 is 10.1 Å². The molecule has 1 amide bonds. The molecule has 0 aromatic heterocycles. The van der Waals surface area contributed by atoms with E-state index >= 15 is 0 Å². The summed E-state index contributed by atoms with van der Waals surface area (Å²) < 4.78 is 4.73. The van der Waals surface area contributed by atoms with Crippen LogP contribution in [0.25, 0.3) is 11.1 Å². The van der Waals surface area contributed by atoms with Crippen molar-refractivity contribution in [2.75, 3.05) is 7.11 Å². The molecule has 0 saturated carbocycles. The number of ether oxygens (including phenoxy) is 1. The summed E-state index contributed by atoms with van der Waals surface area (Å²) in [6.07, 6.45) is 1.24. The van der Waals surface area contributed by atoms with Crippen LogP contribution in [0, 0.1) is 0 Å². The number of esters is 1. The highest BCUT2D eigenvalue weighted by atomic mass is 16.5. The van der Waals surface area contributed by atoms with Gasteiger partial charge in [-0.15, -0.1) is 0 Å². The molecule has 0 fully saturated rings. The van der Waals surface area contributed by atoms with Gasteiger partial charge in [0.15, 0.2) is 0 Å². The van der Waals surface area contributed by atoms with Crippen LogP contribution in [-0.2, 0) is 16.1 Å². The highest BCUT2D eigenvalue weighted by Gasteiger charge is 2.07. The lowest BCUT2D eigenvalue weighted by atomic mass is 10.0. The Hall–Kier alpha value is -2.88. The second kappa shape index (κ2) is 7.22. The molecule has 0 radical (unpaired) electrons. The lowest BCUT2D eigenvalue weighted by Gasteiger charge is -2.07. The zero-order chi connectivity index (χ0) is 15.9. The number of amides is 1. The van der Waals surface area contributed by atoms with Crippen LogP contribution in [0.1, 0.15) is 15.9 Å². The van der Waals surface area contributed by atoms with Gasteiger partial charge in [-0.25, -0.2) is 4.79 Å². The Morgan fingerprint density at radius 2 is 1.82 bits per heavy atom. The van der Waals surface area contributed by atoms with Gasteiger partial charge in [-0.3, -0.25) is 4.79 Å². The van der Waals surface area contributed by atoms with Gasteiger partial charge in [0.1, 0.15) is 0 Å². The SMILES string of the molecule is C=CC(=O)NCc1cccc(-c2cccc(C(=O)OC)c2)c1.